The first-order valence-electron chi connectivity index (χ1n) is 4.29. The predicted octanol–water partition coefficient (Wildman–Crippen LogP) is 1.52. The smallest absolute Gasteiger partial charge is 0.135 e. The van der Waals surface area contributed by atoms with Crippen LogP contribution < -0.4 is 0 Å². The van der Waals surface area contributed by atoms with Gasteiger partial charge in [0.2, 0.25) is 0 Å². The number of rotatable bonds is 2. The summed E-state index contributed by atoms with van der Waals surface area (Å²) in [5.74, 6) is 0.586. The Hall–Kier alpha value is -1.25. The Kier molecular flexibility index (Phi) is 2.76. The molecule has 0 N–H and O–H groups in total. The molecule has 0 unspecified atom stereocenters. The molecule has 13 heavy (non-hydrogen) atoms. The molecule has 0 atom stereocenters. The molecule has 1 heterocycles. The third-order valence-corrected chi connectivity index (χ3v) is 1.84. The number of hydrogen-bond donors (Lipinski definition) is 0. The minimum Gasteiger partial charge on any atom is -0.303 e. The third-order valence-electron chi connectivity index (χ3n) is 1.84. The van der Waals surface area contributed by atoms with E-state index in [0.717, 1.165) is 11.8 Å². The summed E-state index contributed by atoms with van der Waals surface area (Å²) < 4.78 is 0. The van der Waals surface area contributed by atoms with Gasteiger partial charge in [-0.2, -0.15) is 0 Å². The maximum atomic E-state index is 10.2. The van der Waals surface area contributed by atoms with Gasteiger partial charge >= 0.3 is 0 Å². The molecule has 3 heteroatoms. The van der Waals surface area contributed by atoms with Gasteiger partial charge in [-0.1, -0.05) is 20.8 Å². The molecule has 0 saturated heterocycles. The van der Waals surface area contributed by atoms with Crippen molar-refractivity contribution in [2.75, 3.05) is 0 Å². The Labute approximate surface area is 78.2 Å². The first-order valence-corrected chi connectivity index (χ1v) is 4.29. The lowest BCUT2D eigenvalue weighted by Gasteiger charge is -2.17. The highest BCUT2D eigenvalue weighted by molar-refractivity contribution is 5.52. The molecule has 0 aliphatic rings. The molecule has 0 fully saturated rings. The second-order valence-corrected chi connectivity index (χ2v) is 4.01. The number of carbonyl (C=O) groups is 1. The fourth-order valence-electron chi connectivity index (χ4n) is 0.922. The highest BCUT2D eigenvalue weighted by Crippen LogP contribution is 2.19. The van der Waals surface area contributed by atoms with E-state index in [2.05, 4.69) is 30.7 Å². The van der Waals surface area contributed by atoms with E-state index in [1.165, 1.54) is 0 Å². The van der Waals surface area contributed by atoms with Crippen molar-refractivity contribution in [1.29, 1.82) is 0 Å². The lowest BCUT2D eigenvalue weighted by atomic mass is 9.89. The zero-order chi connectivity index (χ0) is 9.90. The Morgan fingerprint density at radius 1 is 1.31 bits per heavy atom. The molecule has 0 amide bonds. The van der Waals surface area contributed by atoms with Gasteiger partial charge in [0.1, 0.15) is 12.1 Å². The van der Waals surface area contributed by atoms with Crippen molar-refractivity contribution < 1.29 is 4.79 Å². The molecule has 0 saturated carbocycles. The molecule has 1 aromatic rings. The molecular formula is C10H14N2O. The number of carbonyl (C=O) groups excluding carboxylic acids is 1. The van der Waals surface area contributed by atoms with Gasteiger partial charge in [0.25, 0.3) is 0 Å². The van der Waals surface area contributed by atoms with Crippen LogP contribution in [-0.2, 0) is 16.6 Å². The molecule has 1 aromatic heterocycles. The second-order valence-electron chi connectivity index (χ2n) is 4.01. The normalized spacial score (nSPS) is 11.3. The minimum atomic E-state index is 0.0692. The van der Waals surface area contributed by atoms with Crippen LogP contribution in [0.15, 0.2) is 12.4 Å². The molecule has 0 bridgehead atoms. The van der Waals surface area contributed by atoms with Gasteiger partial charge in [-0.05, 0) is 11.0 Å². The molecule has 1 rings (SSSR count). The fourth-order valence-corrected chi connectivity index (χ4v) is 0.922. The van der Waals surface area contributed by atoms with Crippen LogP contribution in [0.1, 0.15) is 32.2 Å². The van der Waals surface area contributed by atoms with Crippen molar-refractivity contribution in [3.63, 3.8) is 0 Å². The average molecular weight is 178 g/mol. The van der Waals surface area contributed by atoms with Gasteiger partial charge in [-0.3, -0.25) is 0 Å². The molecule has 0 aromatic carbocycles. The largest absolute Gasteiger partial charge is 0.303 e. The van der Waals surface area contributed by atoms with E-state index in [4.69, 9.17) is 0 Å². The van der Waals surface area contributed by atoms with Crippen LogP contribution in [0, 0.1) is 0 Å². The molecule has 0 aliphatic carbocycles. The molecule has 0 radical (unpaired) electrons. The van der Waals surface area contributed by atoms with Gasteiger partial charge in [0, 0.05) is 12.4 Å². The first kappa shape index (κ1) is 9.84. The topological polar surface area (TPSA) is 42.9 Å². The van der Waals surface area contributed by atoms with Gasteiger partial charge in [-0.15, -0.1) is 0 Å². The van der Waals surface area contributed by atoms with Gasteiger partial charge < -0.3 is 4.79 Å². The van der Waals surface area contributed by atoms with Crippen LogP contribution in [0.5, 0.6) is 0 Å². The summed E-state index contributed by atoms with van der Waals surface area (Å²) in [6.07, 6.45) is 4.67. The van der Waals surface area contributed by atoms with E-state index in [9.17, 15) is 4.79 Å². The maximum Gasteiger partial charge on any atom is 0.135 e. The quantitative estimate of drug-likeness (QED) is 0.645. The second kappa shape index (κ2) is 3.64. The maximum absolute atomic E-state index is 10.2. The van der Waals surface area contributed by atoms with Gasteiger partial charge in [0.05, 0.1) is 6.42 Å². The zero-order valence-electron chi connectivity index (χ0n) is 8.24. The number of aldehydes is 1. The summed E-state index contributed by atoms with van der Waals surface area (Å²) >= 11 is 0. The highest BCUT2D eigenvalue weighted by atomic mass is 16.1. The first-order chi connectivity index (χ1) is 6.04. The van der Waals surface area contributed by atoms with E-state index < -0.39 is 0 Å². The standard InChI is InChI=1S/C10H14N2O/c1-10(2,3)8-6-11-9(4-5-13)12-7-8/h5-7H,4H2,1-3H3. The number of hydrogen-bond acceptors (Lipinski definition) is 3. The average Bonchev–Trinajstić information content (AvgIpc) is 2.04. The number of aromatic nitrogens is 2. The Balaban J connectivity index is 2.87. The third kappa shape index (κ3) is 2.61. The summed E-state index contributed by atoms with van der Waals surface area (Å²) in [5.41, 5.74) is 1.15. The van der Waals surface area contributed by atoms with Crippen molar-refractivity contribution in [3.05, 3.63) is 23.8 Å². The van der Waals surface area contributed by atoms with Crippen molar-refractivity contribution in [2.45, 2.75) is 32.6 Å². The van der Waals surface area contributed by atoms with Crippen LogP contribution in [-0.4, -0.2) is 16.3 Å². The summed E-state index contributed by atoms with van der Waals surface area (Å²) in [6.45, 7) is 6.31. The molecule has 70 valence electrons. The summed E-state index contributed by atoms with van der Waals surface area (Å²) in [5, 5.41) is 0. The van der Waals surface area contributed by atoms with Crippen LogP contribution in [0.2, 0.25) is 0 Å². The molecule has 3 nitrogen and oxygen atoms in total. The van der Waals surface area contributed by atoms with Gasteiger partial charge in [0.15, 0.2) is 0 Å². The van der Waals surface area contributed by atoms with Gasteiger partial charge in [-0.25, -0.2) is 9.97 Å². The fraction of sp³-hybridized carbons (Fsp3) is 0.500. The SMILES string of the molecule is CC(C)(C)c1cnc(CC=O)nc1. The van der Waals surface area contributed by atoms with Crippen LogP contribution >= 0.6 is 0 Å². The number of nitrogens with zero attached hydrogens (tertiary/aromatic N) is 2. The Bertz CT molecular complexity index is 285. The molecular weight excluding hydrogens is 164 g/mol. The van der Waals surface area contributed by atoms with Crippen molar-refractivity contribution in [3.8, 4) is 0 Å². The van der Waals surface area contributed by atoms with Crippen molar-refractivity contribution >= 4 is 6.29 Å². The Morgan fingerprint density at radius 2 is 1.85 bits per heavy atom. The minimum absolute atomic E-state index is 0.0692. The van der Waals surface area contributed by atoms with Crippen LogP contribution in [0.4, 0.5) is 0 Å². The molecule has 0 aliphatic heterocycles. The molecule has 0 spiro atoms. The van der Waals surface area contributed by atoms with Crippen LogP contribution in [0.3, 0.4) is 0 Å². The highest BCUT2D eigenvalue weighted by Gasteiger charge is 2.13. The monoisotopic (exact) mass is 178 g/mol. The van der Waals surface area contributed by atoms with E-state index in [1.807, 2.05) is 0 Å². The summed E-state index contributed by atoms with van der Waals surface area (Å²) in [4.78, 5) is 18.4. The lowest BCUT2D eigenvalue weighted by Crippen LogP contribution is -2.12. The van der Waals surface area contributed by atoms with E-state index in [0.29, 0.717) is 12.2 Å². The Morgan fingerprint density at radius 3 is 2.23 bits per heavy atom. The van der Waals surface area contributed by atoms with Crippen molar-refractivity contribution in [1.82, 2.24) is 9.97 Å². The zero-order valence-corrected chi connectivity index (χ0v) is 8.24. The summed E-state index contributed by atoms with van der Waals surface area (Å²) in [6, 6.07) is 0. The van der Waals surface area contributed by atoms with E-state index in [1.54, 1.807) is 12.4 Å². The van der Waals surface area contributed by atoms with E-state index >= 15 is 0 Å². The van der Waals surface area contributed by atoms with Crippen molar-refractivity contribution in [2.24, 2.45) is 0 Å². The lowest BCUT2D eigenvalue weighted by molar-refractivity contribution is -0.107. The predicted molar refractivity (Wildman–Crippen MR) is 50.5 cm³/mol. The summed E-state index contributed by atoms with van der Waals surface area (Å²) in [7, 11) is 0. The van der Waals surface area contributed by atoms with Crippen LogP contribution in [0.25, 0.3) is 0 Å². The van der Waals surface area contributed by atoms with E-state index in [-0.39, 0.29) is 5.41 Å².